The summed E-state index contributed by atoms with van der Waals surface area (Å²) in [6.45, 7) is 0. The van der Waals surface area contributed by atoms with E-state index in [0.29, 0.717) is 27.2 Å². The Morgan fingerprint density at radius 1 is 1.00 bits per heavy atom. The van der Waals surface area contributed by atoms with Crippen LogP contribution in [0.1, 0.15) is 0 Å². The molecule has 0 heterocycles. The van der Waals surface area contributed by atoms with Crippen molar-refractivity contribution < 1.29 is 4.74 Å². The molecule has 0 saturated carbocycles. The maximum Gasteiger partial charge on any atom is 0.151 e. The van der Waals surface area contributed by atoms with E-state index in [4.69, 9.17) is 33.7 Å². The maximum absolute atomic E-state index is 5.90. The van der Waals surface area contributed by atoms with Crippen LogP contribution in [0.15, 0.2) is 40.9 Å². The highest BCUT2D eigenvalue weighted by Gasteiger charge is 2.07. The Labute approximate surface area is 117 Å². The Morgan fingerprint density at radius 3 is 2.24 bits per heavy atom. The third kappa shape index (κ3) is 3.06. The van der Waals surface area contributed by atoms with Crippen LogP contribution in [0, 0.1) is 0 Å². The van der Waals surface area contributed by atoms with Gasteiger partial charge in [0.25, 0.3) is 0 Å². The van der Waals surface area contributed by atoms with E-state index in [1.54, 1.807) is 12.1 Å². The van der Waals surface area contributed by atoms with Crippen LogP contribution in [0.5, 0.6) is 11.5 Å². The molecule has 0 aliphatic heterocycles. The summed E-state index contributed by atoms with van der Waals surface area (Å²) in [4.78, 5) is 0. The number of hydrogen-bond donors (Lipinski definition) is 1. The number of nitrogen functional groups attached to an aromatic ring is 1. The minimum absolute atomic E-state index is 0.410. The molecular formula is C12H8BrCl2NO. The molecule has 0 aliphatic rings. The number of halogens is 3. The lowest BCUT2D eigenvalue weighted by Crippen LogP contribution is -1.92. The van der Waals surface area contributed by atoms with Crippen LogP contribution in [0.3, 0.4) is 0 Å². The van der Waals surface area contributed by atoms with Crippen molar-refractivity contribution in [3.8, 4) is 11.5 Å². The molecule has 2 aromatic rings. The van der Waals surface area contributed by atoms with Gasteiger partial charge in [-0.25, -0.2) is 0 Å². The minimum Gasteiger partial charge on any atom is -0.455 e. The first-order valence-corrected chi connectivity index (χ1v) is 6.29. The first kappa shape index (κ1) is 12.6. The molecule has 0 aromatic heterocycles. The van der Waals surface area contributed by atoms with Crippen LogP contribution in [0.2, 0.25) is 10.0 Å². The van der Waals surface area contributed by atoms with E-state index in [1.807, 2.05) is 24.3 Å². The molecule has 0 fully saturated rings. The van der Waals surface area contributed by atoms with Crippen molar-refractivity contribution in [1.29, 1.82) is 0 Å². The highest BCUT2D eigenvalue weighted by Crippen LogP contribution is 2.35. The predicted molar refractivity (Wildman–Crippen MR) is 75.1 cm³/mol. The lowest BCUT2D eigenvalue weighted by Gasteiger charge is -2.09. The van der Waals surface area contributed by atoms with Crippen LogP contribution in [0.4, 0.5) is 5.69 Å². The quantitative estimate of drug-likeness (QED) is 0.773. The van der Waals surface area contributed by atoms with Crippen molar-refractivity contribution in [2.45, 2.75) is 0 Å². The second kappa shape index (κ2) is 5.17. The van der Waals surface area contributed by atoms with Crippen LogP contribution in [0.25, 0.3) is 0 Å². The zero-order valence-corrected chi connectivity index (χ0v) is 11.7. The number of ether oxygens (including phenoxy) is 1. The topological polar surface area (TPSA) is 35.2 Å². The summed E-state index contributed by atoms with van der Waals surface area (Å²) in [5.41, 5.74) is 6.24. The molecule has 2 nitrogen and oxygen atoms in total. The molecule has 0 amide bonds. The van der Waals surface area contributed by atoms with Gasteiger partial charge in [-0.1, -0.05) is 39.1 Å². The Balaban J connectivity index is 2.30. The number of hydrogen-bond acceptors (Lipinski definition) is 2. The Morgan fingerprint density at radius 2 is 1.59 bits per heavy atom. The molecule has 2 aromatic carbocycles. The second-order valence-electron chi connectivity index (χ2n) is 3.36. The summed E-state index contributed by atoms with van der Waals surface area (Å²) >= 11 is 15.1. The zero-order chi connectivity index (χ0) is 12.4. The van der Waals surface area contributed by atoms with E-state index >= 15 is 0 Å². The zero-order valence-electron chi connectivity index (χ0n) is 8.58. The van der Waals surface area contributed by atoms with Gasteiger partial charge < -0.3 is 10.5 Å². The smallest absolute Gasteiger partial charge is 0.151 e. The summed E-state index contributed by atoms with van der Waals surface area (Å²) < 4.78 is 6.59. The summed E-state index contributed by atoms with van der Waals surface area (Å²) in [6.07, 6.45) is 0. The van der Waals surface area contributed by atoms with Crippen LogP contribution in [-0.2, 0) is 0 Å². The van der Waals surface area contributed by atoms with Gasteiger partial charge in [0.15, 0.2) is 5.75 Å². The molecule has 17 heavy (non-hydrogen) atoms. The van der Waals surface area contributed by atoms with Crippen LogP contribution >= 0.6 is 39.1 Å². The van der Waals surface area contributed by atoms with Crippen molar-refractivity contribution in [2.75, 3.05) is 5.73 Å². The summed E-state index contributed by atoms with van der Waals surface area (Å²) in [6, 6.07) is 10.6. The van der Waals surface area contributed by atoms with Crippen molar-refractivity contribution in [1.82, 2.24) is 0 Å². The van der Waals surface area contributed by atoms with Gasteiger partial charge in [-0.2, -0.15) is 0 Å². The summed E-state index contributed by atoms with van der Waals surface area (Å²) in [5.74, 6) is 1.17. The largest absolute Gasteiger partial charge is 0.455 e. The predicted octanol–water partition coefficient (Wildman–Crippen LogP) is 5.13. The molecule has 88 valence electrons. The standard InChI is InChI=1S/C12H8BrCl2NO/c13-7-1-3-8(4-2-7)17-12-6-10(15)9(14)5-11(12)16/h1-6H,16H2. The molecule has 0 saturated heterocycles. The fourth-order valence-electron chi connectivity index (χ4n) is 1.26. The van der Waals surface area contributed by atoms with Crippen molar-refractivity contribution in [3.05, 3.63) is 50.9 Å². The van der Waals surface area contributed by atoms with Gasteiger partial charge >= 0.3 is 0 Å². The van der Waals surface area contributed by atoms with Crippen molar-refractivity contribution in [2.24, 2.45) is 0 Å². The first-order valence-electron chi connectivity index (χ1n) is 4.74. The maximum atomic E-state index is 5.90. The van der Waals surface area contributed by atoms with Crippen molar-refractivity contribution >= 4 is 44.8 Å². The third-order valence-corrected chi connectivity index (χ3v) is 3.34. The second-order valence-corrected chi connectivity index (χ2v) is 5.09. The highest BCUT2D eigenvalue weighted by molar-refractivity contribution is 9.10. The average Bonchev–Trinajstić information content (AvgIpc) is 2.29. The Bertz CT molecular complexity index is 543. The van der Waals surface area contributed by atoms with E-state index in [9.17, 15) is 0 Å². The summed E-state index contributed by atoms with van der Waals surface area (Å²) in [7, 11) is 0. The van der Waals surface area contributed by atoms with Gasteiger partial charge in [-0.05, 0) is 30.3 Å². The van der Waals surface area contributed by atoms with E-state index in [-0.39, 0.29) is 0 Å². The number of nitrogens with two attached hydrogens (primary N) is 1. The number of rotatable bonds is 2. The molecule has 0 aliphatic carbocycles. The molecule has 2 N–H and O–H groups in total. The van der Waals surface area contributed by atoms with Crippen molar-refractivity contribution in [3.63, 3.8) is 0 Å². The van der Waals surface area contributed by atoms with Crippen LogP contribution in [-0.4, -0.2) is 0 Å². The van der Waals surface area contributed by atoms with E-state index in [0.717, 1.165) is 4.47 Å². The average molecular weight is 333 g/mol. The Hall–Kier alpha value is -0.900. The van der Waals surface area contributed by atoms with E-state index in [1.165, 1.54) is 0 Å². The fourth-order valence-corrected chi connectivity index (χ4v) is 1.85. The SMILES string of the molecule is Nc1cc(Cl)c(Cl)cc1Oc1ccc(Br)cc1. The normalized spacial score (nSPS) is 10.3. The third-order valence-electron chi connectivity index (χ3n) is 2.09. The molecule has 0 atom stereocenters. The molecule has 0 spiro atoms. The minimum atomic E-state index is 0.410. The molecule has 0 bridgehead atoms. The van der Waals surface area contributed by atoms with Gasteiger partial charge in [0, 0.05) is 10.5 Å². The van der Waals surface area contributed by atoms with Gasteiger partial charge in [-0.15, -0.1) is 0 Å². The summed E-state index contributed by atoms with van der Waals surface area (Å²) in [5, 5.41) is 0.820. The number of anilines is 1. The first-order chi connectivity index (χ1) is 8.06. The molecular weight excluding hydrogens is 325 g/mol. The number of benzene rings is 2. The van der Waals surface area contributed by atoms with E-state index < -0.39 is 0 Å². The Kier molecular flexibility index (Phi) is 3.82. The van der Waals surface area contributed by atoms with E-state index in [2.05, 4.69) is 15.9 Å². The molecule has 5 heteroatoms. The molecule has 0 radical (unpaired) electrons. The van der Waals surface area contributed by atoms with Gasteiger partial charge in [-0.3, -0.25) is 0 Å². The van der Waals surface area contributed by atoms with Gasteiger partial charge in [0.05, 0.1) is 15.7 Å². The lowest BCUT2D eigenvalue weighted by molar-refractivity contribution is 0.485. The van der Waals surface area contributed by atoms with Crippen LogP contribution < -0.4 is 10.5 Å². The fraction of sp³-hybridized carbons (Fsp3) is 0. The lowest BCUT2D eigenvalue weighted by atomic mass is 10.3. The van der Waals surface area contributed by atoms with Gasteiger partial charge in [0.2, 0.25) is 0 Å². The molecule has 0 unspecified atom stereocenters. The monoisotopic (exact) mass is 331 g/mol. The highest BCUT2D eigenvalue weighted by atomic mass is 79.9. The molecule has 2 rings (SSSR count). The van der Waals surface area contributed by atoms with Gasteiger partial charge in [0.1, 0.15) is 5.75 Å².